The SMILES string of the molecule is NC(=O)C(c1ccnc(Cl)c1)N1c2c(ncc(Br)c2C(=O)O)NC1c1ccsc1. The first-order valence-electron chi connectivity index (χ1n) is 8.28. The molecule has 2 unspecified atom stereocenters. The number of thiophene rings is 1. The zero-order chi connectivity index (χ0) is 20.7. The Morgan fingerprint density at radius 1 is 1.38 bits per heavy atom. The molecule has 0 saturated heterocycles. The van der Waals surface area contributed by atoms with Crippen LogP contribution in [0.15, 0.2) is 45.8 Å². The van der Waals surface area contributed by atoms with Crippen LogP contribution < -0.4 is 16.0 Å². The van der Waals surface area contributed by atoms with Crippen molar-refractivity contribution in [3.8, 4) is 0 Å². The quantitative estimate of drug-likeness (QED) is 0.461. The lowest BCUT2D eigenvalue weighted by Gasteiger charge is -2.33. The predicted molar refractivity (Wildman–Crippen MR) is 113 cm³/mol. The average molecular weight is 495 g/mol. The summed E-state index contributed by atoms with van der Waals surface area (Å²) in [6.45, 7) is 0. The van der Waals surface area contributed by atoms with Gasteiger partial charge in [0.05, 0.1) is 10.2 Å². The molecule has 0 saturated carbocycles. The van der Waals surface area contributed by atoms with Crippen LogP contribution in [0.4, 0.5) is 11.5 Å². The number of aromatic nitrogens is 2. The molecule has 11 heteroatoms. The first-order chi connectivity index (χ1) is 13.9. The van der Waals surface area contributed by atoms with Gasteiger partial charge in [0.1, 0.15) is 22.9 Å². The monoisotopic (exact) mass is 493 g/mol. The third-order valence-electron chi connectivity index (χ3n) is 4.50. The first-order valence-corrected chi connectivity index (χ1v) is 10.4. The zero-order valence-electron chi connectivity index (χ0n) is 14.5. The van der Waals surface area contributed by atoms with E-state index in [-0.39, 0.29) is 20.9 Å². The van der Waals surface area contributed by atoms with Crippen LogP contribution >= 0.6 is 38.9 Å². The maximum absolute atomic E-state index is 12.6. The van der Waals surface area contributed by atoms with Crippen LogP contribution in [0.1, 0.15) is 33.7 Å². The van der Waals surface area contributed by atoms with E-state index < -0.39 is 24.1 Å². The van der Waals surface area contributed by atoms with E-state index in [2.05, 4.69) is 31.2 Å². The number of carbonyl (C=O) groups is 2. The molecule has 4 N–H and O–H groups in total. The van der Waals surface area contributed by atoms with Crippen molar-refractivity contribution in [1.82, 2.24) is 9.97 Å². The van der Waals surface area contributed by atoms with Crippen molar-refractivity contribution in [3.05, 3.63) is 67.7 Å². The molecule has 4 rings (SSSR count). The Morgan fingerprint density at radius 2 is 2.17 bits per heavy atom. The fraction of sp³-hybridized carbons (Fsp3) is 0.111. The van der Waals surface area contributed by atoms with Crippen LogP contribution in [0, 0.1) is 0 Å². The van der Waals surface area contributed by atoms with Crippen molar-refractivity contribution in [2.75, 3.05) is 10.2 Å². The van der Waals surface area contributed by atoms with Crippen LogP contribution in [0.25, 0.3) is 0 Å². The number of pyridine rings is 2. The molecule has 0 bridgehead atoms. The maximum Gasteiger partial charge on any atom is 0.339 e. The number of hydrogen-bond donors (Lipinski definition) is 3. The van der Waals surface area contributed by atoms with Gasteiger partial charge in [-0.15, -0.1) is 0 Å². The third-order valence-corrected chi connectivity index (χ3v) is 6.01. The fourth-order valence-corrected chi connectivity index (χ4v) is 4.69. The number of carbonyl (C=O) groups excluding carboxylic acids is 1. The molecular weight excluding hydrogens is 482 g/mol. The molecule has 0 aromatic carbocycles. The lowest BCUT2D eigenvalue weighted by Crippen LogP contribution is -2.40. The molecule has 8 nitrogen and oxygen atoms in total. The Balaban J connectivity index is 1.98. The number of nitrogens with zero attached hydrogens (tertiary/aromatic N) is 3. The van der Waals surface area contributed by atoms with Gasteiger partial charge >= 0.3 is 5.97 Å². The molecule has 3 aromatic rings. The second-order valence-corrected chi connectivity index (χ2v) is 8.23. The average Bonchev–Trinajstić information content (AvgIpc) is 3.30. The highest BCUT2D eigenvalue weighted by Crippen LogP contribution is 2.48. The Hall–Kier alpha value is -2.69. The number of rotatable bonds is 5. The summed E-state index contributed by atoms with van der Waals surface area (Å²) in [5.74, 6) is -1.49. The van der Waals surface area contributed by atoms with E-state index in [1.807, 2.05) is 16.8 Å². The summed E-state index contributed by atoms with van der Waals surface area (Å²) in [6.07, 6.45) is 2.32. The molecule has 0 fully saturated rings. The minimum atomic E-state index is -1.16. The summed E-state index contributed by atoms with van der Waals surface area (Å²) in [6, 6.07) is 4.03. The molecule has 0 aliphatic carbocycles. The molecule has 2 atom stereocenters. The highest BCUT2D eigenvalue weighted by molar-refractivity contribution is 9.10. The minimum absolute atomic E-state index is 0.0216. The second kappa shape index (κ2) is 7.62. The van der Waals surface area contributed by atoms with E-state index in [1.165, 1.54) is 29.8 Å². The number of fused-ring (bicyclic) bond motifs is 1. The van der Waals surface area contributed by atoms with Gasteiger partial charge in [0.25, 0.3) is 0 Å². The number of halogens is 2. The van der Waals surface area contributed by atoms with E-state index in [1.54, 1.807) is 11.0 Å². The molecule has 4 heterocycles. The van der Waals surface area contributed by atoms with Crippen molar-refractivity contribution >= 4 is 62.2 Å². The van der Waals surface area contributed by atoms with Crippen LogP contribution in [0.3, 0.4) is 0 Å². The summed E-state index contributed by atoms with van der Waals surface area (Å²) < 4.78 is 0.289. The number of nitrogens with one attached hydrogen (secondary N) is 1. The second-order valence-electron chi connectivity index (χ2n) is 6.21. The summed E-state index contributed by atoms with van der Waals surface area (Å²) in [5.41, 5.74) is 7.36. The summed E-state index contributed by atoms with van der Waals surface area (Å²) >= 11 is 10.8. The van der Waals surface area contributed by atoms with Crippen LogP contribution in [-0.2, 0) is 4.79 Å². The van der Waals surface area contributed by atoms with Gasteiger partial charge in [-0.1, -0.05) is 11.6 Å². The van der Waals surface area contributed by atoms with Crippen LogP contribution in [0.2, 0.25) is 5.15 Å². The molecule has 0 spiro atoms. The van der Waals surface area contributed by atoms with Crippen molar-refractivity contribution in [2.24, 2.45) is 5.73 Å². The number of nitrogens with two attached hydrogens (primary N) is 1. The summed E-state index contributed by atoms with van der Waals surface area (Å²) in [4.78, 5) is 34.5. The minimum Gasteiger partial charge on any atom is -0.478 e. The van der Waals surface area contributed by atoms with Gasteiger partial charge in [-0.05, 0) is 50.5 Å². The van der Waals surface area contributed by atoms with Gasteiger partial charge in [-0.2, -0.15) is 11.3 Å². The number of carboxylic acid groups (broad SMARTS) is 1. The lowest BCUT2D eigenvalue weighted by atomic mass is 10.0. The van der Waals surface area contributed by atoms with Crippen LogP contribution in [0.5, 0.6) is 0 Å². The Kier molecular flexibility index (Phi) is 5.15. The molecule has 1 aliphatic rings. The van der Waals surface area contributed by atoms with Gasteiger partial charge in [-0.25, -0.2) is 14.8 Å². The molecular formula is C18H13BrClN5O3S. The largest absolute Gasteiger partial charge is 0.478 e. The van der Waals surface area contributed by atoms with E-state index >= 15 is 0 Å². The molecule has 1 aliphatic heterocycles. The Bertz CT molecular complexity index is 1110. The molecule has 3 aromatic heterocycles. The number of aromatic carboxylic acids is 1. The molecule has 148 valence electrons. The van der Waals surface area contributed by atoms with E-state index in [0.717, 1.165) is 5.56 Å². The Morgan fingerprint density at radius 3 is 2.79 bits per heavy atom. The standard InChI is InChI=1S/C18H13BrClN5O3S/c19-10-6-23-16-14(12(10)18(27)28)25(17(24-16)9-2-4-29-7-9)13(15(21)26)8-1-3-22-11(20)5-8/h1-7,13,17H,(H2,21,26)(H,23,24)(H,27,28). The topological polar surface area (TPSA) is 121 Å². The van der Waals surface area contributed by atoms with Crippen LogP contribution in [-0.4, -0.2) is 27.0 Å². The number of anilines is 2. The van der Waals surface area contributed by atoms with Crippen molar-refractivity contribution in [3.63, 3.8) is 0 Å². The molecule has 29 heavy (non-hydrogen) atoms. The predicted octanol–water partition coefficient (Wildman–Crippen LogP) is 3.81. The van der Waals surface area contributed by atoms with Crippen molar-refractivity contribution < 1.29 is 14.7 Å². The first kappa shape index (κ1) is 19.6. The zero-order valence-corrected chi connectivity index (χ0v) is 17.7. The van der Waals surface area contributed by atoms with Crippen molar-refractivity contribution in [1.29, 1.82) is 0 Å². The van der Waals surface area contributed by atoms with Gasteiger partial charge in [-0.3, -0.25) is 4.79 Å². The maximum atomic E-state index is 12.6. The number of carboxylic acids is 1. The molecule has 0 radical (unpaired) electrons. The number of primary amides is 1. The van der Waals surface area contributed by atoms with E-state index in [9.17, 15) is 14.7 Å². The fourth-order valence-electron chi connectivity index (χ4n) is 3.37. The molecule has 1 amide bonds. The van der Waals surface area contributed by atoms with E-state index in [0.29, 0.717) is 11.4 Å². The normalized spacial score (nSPS) is 16.2. The highest BCUT2D eigenvalue weighted by Gasteiger charge is 2.42. The lowest BCUT2D eigenvalue weighted by molar-refractivity contribution is -0.119. The van der Waals surface area contributed by atoms with Gasteiger partial charge in [0.2, 0.25) is 5.91 Å². The van der Waals surface area contributed by atoms with Gasteiger partial charge < -0.3 is 21.1 Å². The summed E-state index contributed by atoms with van der Waals surface area (Å²) in [7, 11) is 0. The van der Waals surface area contributed by atoms with Crippen molar-refractivity contribution in [2.45, 2.75) is 12.2 Å². The van der Waals surface area contributed by atoms with Gasteiger partial charge in [0.15, 0.2) is 5.82 Å². The third kappa shape index (κ3) is 3.43. The Labute approximate surface area is 182 Å². The number of hydrogen-bond acceptors (Lipinski definition) is 7. The van der Waals surface area contributed by atoms with E-state index in [4.69, 9.17) is 17.3 Å². The summed E-state index contributed by atoms with van der Waals surface area (Å²) in [5, 5.41) is 17.0. The smallest absolute Gasteiger partial charge is 0.339 e. The number of amides is 1. The van der Waals surface area contributed by atoms with Gasteiger partial charge in [0, 0.05) is 18.0 Å². The highest BCUT2D eigenvalue weighted by atomic mass is 79.9.